The third kappa shape index (κ3) is 4.28. The van der Waals surface area contributed by atoms with Crippen molar-refractivity contribution in [2.24, 2.45) is 0 Å². The van der Waals surface area contributed by atoms with Crippen LogP contribution in [0.4, 0.5) is 17.1 Å². The summed E-state index contributed by atoms with van der Waals surface area (Å²) in [5.74, 6) is 0. The minimum atomic E-state index is 0.431. The average Bonchev–Trinajstić information content (AvgIpc) is 2.81. The Balaban J connectivity index is 1.29. The van der Waals surface area contributed by atoms with E-state index in [0.29, 0.717) is 12.1 Å². The molecule has 1 aromatic carbocycles. The maximum atomic E-state index is 5.51. The number of benzene rings is 1. The summed E-state index contributed by atoms with van der Waals surface area (Å²) in [6.07, 6.45) is 13.2. The second-order valence-electron chi connectivity index (χ2n) is 7.98. The summed E-state index contributed by atoms with van der Waals surface area (Å²) in [4.78, 5) is 19.7. The van der Waals surface area contributed by atoms with Gasteiger partial charge in [-0.3, -0.25) is 9.97 Å². The molecule has 0 unspecified atom stereocenters. The van der Waals surface area contributed by atoms with Crippen LogP contribution in [0.3, 0.4) is 0 Å². The van der Waals surface area contributed by atoms with E-state index >= 15 is 0 Å². The number of nitrogens with zero attached hydrogens (tertiary/aromatic N) is 5. The van der Waals surface area contributed by atoms with Crippen molar-refractivity contribution in [3.8, 4) is 0 Å². The highest BCUT2D eigenvalue weighted by Crippen LogP contribution is 2.31. The molecule has 2 aromatic heterocycles. The predicted octanol–water partition coefficient (Wildman–Crippen LogP) is 3.09. The van der Waals surface area contributed by atoms with Crippen molar-refractivity contribution >= 4 is 28.1 Å². The van der Waals surface area contributed by atoms with Crippen LogP contribution in [0.5, 0.6) is 0 Å². The van der Waals surface area contributed by atoms with Crippen molar-refractivity contribution in [2.75, 3.05) is 41.8 Å². The molecule has 8 heteroatoms. The maximum Gasteiger partial charge on any atom is 0.115 e. The first-order valence-corrected chi connectivity index (χ1v) is 10.7. The van der Waals surface area contributed by atoms with Crippen LogP contribution in [0.15, 0.2) is 43.2 Å². The molecule has 2 aliphatic rings. The molecule has 1 saturated carbocycles. The number of nitrogens with one attached hydrogen (secondary N) is 2. The lowest BCUT2D eigenvalue weighted by Gasteiger charge is -2.32. The molecular weight excluding hydrogens is 378 g/mol. The standard InChI is InChI=1S/C22H27N7O/c1-3-17(4-2-16(1)27-18-13-23-15-24-14-18)28-21-12-19(29-7-9-30-10-8-29)11-20-22(21)26-6-5-25-20/h5-6,11-17,27-28H,1-4,7-10H2/t16-,17+. The summed E-state index contributed by atoms with van der Waals surface area (Å²) in [6.45, 7) is 3.35. The fourth-order valence-corrected chi connectivity index (χ4v) is 4.39. The molecular formula is C22H27N7O. The zero-order chi connectivity index (χ0) is 20.2. The van der Waals surface area contributed by atoms with E-state index in [-0.39, 0.29) is 0 Å². The number of fused-ring (bicyclic) bond motifs is 1. The maximum absolute atomic E-state index is 5.51. The third-order valence-electron chi connectivity index (χ3n) is 5.95. The molecule has 2 N–H and O–H groups in total. The Hall–Kier alpha value is -3.00. The molecule has 156 valence electrons. The lowest BCUT2D eigenvalue weighted by atomic mass is 9.91. The van der Waals surface area contributed by atoms with Gasteiger partial charge in [-0.15, -0.1) is 0 Å². The second kappa shape index (κ2) is 8.79. The summed E-state index contributed by atoms with van der Waals surface area (Å²) < 4.78 is 5.51. The van der Waals surface area contributed by atoms with Gasteiger partial charge in [-0.05, 0) is 37.8 Å². The van der Waals surface area contributed by atoms with Crippen LogP contribution >= 0.6 is 0 Å². The first-order chi connectivity index (χ1) is 14.8. The highest BCUT2D eigenvalue weighted by Gasteiger charge is 2.23. The lowest BCUT2D eigenvalue weighted by Crippen LogP contribution is -2.36. The molecule has 3 aromatic rings. The number of aromatic nitrogens is 4. The Morgan fingerprint density at radius 2 is 1.57 bits per heavy atom. The summed E-state index contributed by atoms with van der Waals surface area (Å²) in [5, 5.41) is 7.33. The topological polar surface area (TPSA) is 88.1 Å². The molecule has 0 radical (unpaired) electrons. The molecule has 30 heavy (non-hydrogen) atoms. The van der Waals surface area contributed by atoms with Gasteiger partial charge in [0.1, 0.15) is 11.8 Å². The van der Waals surface area contributed by atoms with Crippen LogP contribution in [-0.2, 0) is 4.74 Å². The molecule has 0 amide bonds. The molecule has 1 aliphatic carbocycles. The Bertz CT molecular complexity index is 970. The zero-order valence-electron chi connectivity index (χ0n) is 17.0. The van der Waals surface area contributed by atoms with E-state index in [1.807, 2.05) is 12.4 Å². The van der Waals surface area contributed by atoms with E-state index in [0.717, 1.165) is 74.4 Å². The molecule has 2 fully saturated rings. The molecule has 1 saturated heterocycles. The molecule has 0 atom stereocenters. The minimum absolute atomic E-state index is 0.431. The monoisotopic (exact) mass is 405 g/mol. The van der Waals surface area contributed by atoms with E-state index in [4.69, 9.17) is 4.74 Å². The fourth-order valence-electron chi connectivity index (χ4n) is 4.39. The quantitative estimate of drug-likeness (QED) is 0.670. The van der Waals surface area contributed by atoms with Gasteiger partial charge in [-0.2, -0.15) is 0 Å². The molecule has 3 heterocycles. The van der Waals surface area contributed by atoms with Crippen molar-refractivity contribution in [1.82, 2.24) is 19.9 Å². The van der Waals surface area contributed by atoms with Gasteiger partial charge in [0, 0.05) is 43.3 Å². The third-order valence-corrected chi connectivity index (χ3v) is 5.95. The SMILES string of the molecule is c1ncc(N[C@H]2CC[C@@H](Nc3cc(N4CCOCC4)cc4nccnc34)CC2)cn1. The van der Waals surface area contributed by atoms with E-state index in [1.165, 1.54) is 5.69 Å². The summed E-state index contributed by atoms with van der Waals surface area (Å²) in [6, 6.07) is 5.26. The van der Waals surface area contributed by atoms with Crippen LogP contribution in [0.1, 0.15) is 25.7 Å². The van der Waals surface area contributed by atoms with Crippen LogP contribution in [0.25, 0.3) is 11.0 Å². The van der Waals surface area contributed by atoms with Crippen LogP contribution < -0.4 is 15.5 Å². The number of hydrogen-bond acceptors (Lipinski definition) is 8. The Morgan fingerprint density at radius 3 is 2.33 bits per heavy atom. The van der Waals surface area contributed by atoms with Crippen molar-refractivity contribution in [1.29, 1.82) is 0 Å². The molecule has 0 bridgehead atoms. The number of hydrogen-bond donors (Lipinski definition) is 2. The van der Waals surface area contributed by atoms with Gasteiger partial charge in [0.05, 0.1) is 42.5 Å². The molecule has 5 rings (SSSR count). The normalized spacial score (nSPS) is 22.1. The van der Waals surface area contributed by atoms with Gasteiger partial charge in [0.2, 0.25) is 0 Å². The average molecular weight is 406 g/mol. The highest BCUT2D eigenvalue weighted by atomic mass is 16.5. The second-order valence-corrected chi connectivity index (χ2v) is 7.98. The van der Waals surface area contributed by atoms with Gasteiger partial charge < -0.3 is 20.3 Å². The predicted molar refractivity (Wildman–Crippen MR) is 118 cm³/mol. The van der Waals surface area contributed by atoms with Crippen LogP contribution in [0, 0.1) is 0 Å². The first-order valence-electron chi connectivity index (χ1n) is 10.7. The number of ether oxygens (including phenoxy) is 1. The smallest absolute Gasteiger partial charge is 0.115 e. The number of anilines is 3. The molecule has 1 aliphatic heterocycles. The van der Waals surface area contributed by atoms with Crippen molar-refractivity contribution < 1.29 is 4.74 Å². The first kappa shape index (κ1) is 19.0. The van der Waals surface area contributed by atoms with Gasteiger partial charge in [0.15, 0.2) is 0 Å². The summed E-state index contributed by atoms with van der Waals surface area (Å²) >= 11 is 0. The minimum Gasteiger partial charge on any atom is -0.380 e. The van der Waals surface area contributed by atoms with Gasteiger partial charge in [0.25, 0.3) is 0 Å². The van der Waals surface area contributed by atoms with Crippen molar-refractivity contribution in [3.63, 3.8) is 0 Å². The van der Waals surface area contributed by atoms with E-state index in [2.05, 4.69) is 47.6 Å². The Kier molecular flexibility index (Phi) is 5.56. The summed E-state index contributed by atoms with van der Waals surface area (Å²) in [7, 11) is 0. The largest absolute Gasteiger partial charge is 0.380 e. The van der Waals surface area contributed by atoms with Crippen LogP contribution in [-0.4, -0.2) is 58.3 Å². The van der Waals surface area contributed by atoms with E-state index in [1.54, 1.807) is 18.7 Å². The van der Waals surface area contributed by atoms with Gasteiger partial charge in [-0.1, -0.05) is 0 Å². The zero-order valence-corrected chi connectivity index (χ0v) is 17.0. The van der Waals surface area contributed by atoms with Gasteiger partial charge >= 0.3 is 0 Å². The molecule has 0 spiro atoms. The number of morpholine rings is 1. The van der Waals surface area contributed by atoms with Crippen LogP contribution in [0.2, 0.25) is 0 Å². The van der Waals surface area contributed by atoms with E-state index in [9.17, 15) is 0 Å². The van der Waals surface area contributed by atoms with Crippen molar-refractivity contribution in [2.45, 2.75) is 37.8 Å². The molecule has 8 nitrogen and oxygen atoms in total. The summed E-state index contributed by atoms with van der Waals surface area (Å²) in [5.41, 5.74) is 5.14. The lowest BCUT2D eigenvalue weighted by molar-refractivity contribution is 0.122. The number of rotatable bonds is 5. The highest BCUT2D eigenvalue weighted by molar-refractivity contribution is 5.91. The fraction of sp³-hybridized carbons (Fsp3) is 0.455. The van der Waals surface area contributed by atoms with Gasteiger partial charge in [-0.25, -0.2) is 9.97 Å². The van der Waals surface area contributed by atoms with Crippen molar-refractivity contribution in [3.05, 3.63) is 43.2 Å². The Morgan fingerprint density at radius 1 is 0.867 bits per heavy atom. The Labute approximate surface area is 176 Å². The van der Waals surface area contributed by atoms with E-state index < -0.39 is 0 Å².